The van der Waals surface area contributed by atoms with Crippen molar-refractivity contribution in [3.8, 4) is 6.07 Å². The molecular weight excluding hydrogens is 373 g/mol. The molecule has 1 aromatic carbocycles. The van der Waals surface area contributed by atoms with E-state index >= 15 is 0 Å². The van der Waals surface area contributed by atoms with Crippen molar-refractivity contribution >= 4 is 6.09 Å². The summed E-state index contributed by atoms with van der Waals surface area (Å²) in [5.74, 6) is 0. The summed E-state index contributed by atoms with van der Waals surface area (Å²) < 4.78 is 44.9. The normalized spacial score (nSPS) is 27.4. The van der Waals surface area contributed by atoms with E-state index in [2.05, 4.69) is 0 Å². The maximum absolute atomic E-state index is 13.2. The number of halogens is 3. The largest absolute Gasteiger partial charge is 0.444 e. The van der Waals surface area contributed by atoms with Gasteiger partial charge in [0.15, 0.2) is 0 Å². The summed E-state index contributed by atoms with van der Waals surface area (Å²) in [6, 6.07) is 3.99. The monoisotopic (exact) mass is 396 g/mol. The van der Waals surface area contributed by atoms with E-state index in [1.165, 1.54) is 0 Å². The molecule has 2 aliphatic heterocycles. The van der Waals surface area contributed by atoms with E-state index in [-0.39, 0.29) is 36.1 Å². The van der Waals surface area contributed by atoms with Crippen molar-refractivity contribution in [2.24, 2.45) is 0 Å². The van der Waals surface area contributed by atoms with Crippen LogP contribution in [0.4, 0.5) is 18.0 Å². The number of hydrogen-bond donors (Lipinski definition) is 1. The summed E-state index contributed by atoms with van der Waals surface area (Å²) in [7, 11) is 0. The number of carbonyl (C=O) groups is 1. The third kappa shape index (κ3) is 3.81. The molecule has 1 amide bonds. The molecule has 152 valence electrons. The van der Waals surface area contributed by atoms with Crippen LogP contribution in [0.25, 0.3) is 0 Å². The first-order valence-corrected chi connectivity index (χ1v) is 9.19. The second-order valence-corrected chi connectivity index (χ2v) is 8.58. The lowest BCUT2D eigenvalue weighted by Gasteiger charge is -2.44. The first kappa shape index (κ1) is 20.5. The smallest absolute Gasteiger partial charge is 0.416 e. The summed E-state index contributed by atoms with van der Waals surface area (Å²) in [5.41, 5.74) is -3.18. The van der Waals surface area contributed by atoms with Gasteiger partial charge in [-0.15, -0.1) is 0 Å². The van der Waals surface area contributed by atoms with E-state index in [1.54, 1.807) is 25.7 Å². The van der Waals surface area contributed by atoms with Gasteiger partial charge in [0.05, 0.1) is 22.8 Å². The Balaban J connectivity index is 1.93. The number of alkyl halides is 3. The van der Waals surface area contributed by atoms with E-state index in [0.717, 1.165) is 18.2 Å². The maximum atomic E-state index is 13.2. The number of fused-ring (bicyclic) bond motifs is 2. The molecule has 5 nitrogen and oxygen atoms in total. The van der Waals surface area contributed by atoms with Crippen LogP contribution in [0.3, 0.4) is 0 Å². The minimum atomic E-state index is -4.57. The summed E-state index contributed by atoms with van der Waals surface area (Å²) >= 11 is 0. The molecule has 1 aromatic rings. The average Bonchev–Trinajstić information content (AvgIpc) is 2.84. The highest BCUT2D eigenvalue weighted by molar-refractivity contribution is 5.70. The van der Waals surface area contributed by atoms with Crippen molar-refractivity contribution in [2.75, 3.05) is 0 Å². The van der Waals surface area contributed by atoms with Crippen LogP contribution in [0, 0.1) is 11.3 Å². The summed E-state index contributed by atoms with van der Waals surface area (Å²) in [4.78, 5) is 14.1. The average molecular weight is 396 g/mol. The van der Waals surface area contributed by atoms with E-state index in [9.17, 15) is 28.3 Å². The van der Waals surface area contributed by atoms with Crippen molar-refractivity contribution in [1.82, 2.24) is 4.90 Å². The van der Waals surface area contributed by atoms with Gasteiger partial charge in [-0.25, -0.2) is 4.79 Å². The second kappa shape index (κ2) is 6.66. The minimum Gasteiger partial charge on any atom is -0.444 e. The van der Waals surface area contributed by atoms with Gasteiger partial charge in [-0.05, 0) is 51.8 Å². The number of rotatable bonds is 1. The molecule has 0 aromatic heterocycles. The molecular formula is C20H23F3N2O3. The molecule has 3 rings (SSSR count). The van der Waals surface area contributed by atoms with Crippen LogP contribution < -0.4 is 0 Å². The summed E-state index contributed by atoms with van der Waals surface area (Å²) in [6.07, 6.45) is -3.65. The fourth-order valence-electron chi connectivity index (χ4n) is 4.26. The highest BCUT2D eigenvalue weighted by atomic mass is 19.4. The molecule has 0 spiro atoms. The zero-order valence-electron chi connectivity index (χ0n) is 16.0. The predicted molar refractivity (Wildman–Crippen MR) is 94.2 cm³/mol. The van der Waals surface area contributed by atoms with E-state index < -0.39 is 29.0 Å². The molecule has 2 heterocycles. The van der Waals surface area contributed by atoms with Gasteiger partial charge in [0.25, 0.3) is 0 Å². The second-order valence-electron chi connectivity index (χ2n) is 8.58. The molecule has 2 unspecified atom stereocenters. The Bertz CT molecular complexity index is 809. The van der Waals surface area contributed by atoms with E-state index in [1.807, 2.05) is 6.07 Å². The standard InChI is InChI=1S/C20H23F3N2O3/c1-18(2,3)28-17(26)25-14-6-7-15(25)10-19(27,9-14)16-8-13(20(21,22)23)5-4-12(16)11-24/h4-5,8,14-15,27H,6-7,9-10H2,1-3H3. The van der Waals surface area contributed by atoms with Gasteiger partial charge in [-0.3, -0.25) is 0 Å². The lowest BCUT2D eigenvalue weighted by molar-refractivity contribution is -0.137. The fraction of sp³-hybridized carbons (Fsp3) is 0.600. The Morgan fingerprint density at radius 2 is 1.82 bits per heavy atom. The van der Waals surface area contributed by atoms with Crippen LogP contribution >= 0.6 is 0 Å². The molecule has 1 N–H and O–H groups in total. The highest BCUT2D eigenvalue weighted by Gasteiger charge is 2.52. The molecule has 0 aliphatic carbocycles. The number of piperidine rings is 1. The van der Waals surface area contributed by atoms with Crippen molar-refractivity contribution in [1.29, 1.82) is 5.26 Å². The molecule has 2 atom stereocenters. The zero-order chi connectivity index (χ0) is 20.9. The van der Waals surface area contributed by atoms with Crippen LogP contribution in [0.15, 0.2) is 18.2 Å². The number of nitriles is 1. The molecule has 28 heavy (non-hydrogen) atoms. The minimum absolute atomic E-state index is 0.0145. The van der Waals surface area contributed by atoms with Crippen molar-refractivity contribution < 1.29 is 27.8 Å². The molecule has 2 aliphatic rings. The van der Waals surface area contributed by atoms with Crippen LogP contribution in [-0.4, -0.2) is 33.8 Å². The molecule has 2 bridgehead atoms. The van der Waals surface area contributed by atoms with Crippen LogP contribution in [0.5, 0.6) is 0 Å². The van der Waals surface area contributed by atoms with Crippen LogP contribution in [0.1, 0.15) is 63.1 Å². The first-order chi connectivity index (χ1) is 12.8. The number of benzene rings is 1. The van der Waals surface area contributed by atoms with Crippen molar-refractivity contribution in [3.05, 3.63) is 34.9 Å². The molecule has 0 saturated carbocycles. The Morgan fingerprint density at radius 1 is 1.25 bits per heavy atom. The van der Waals surface area contributed by atoms with Crippen LogP contribution in [-0.2, 0) is 16.5 Å². The Kier molecular flexibility index (Phi) is 4.87. The first-order valence-electron chi connectivity index (χ1n) is 9.19. The van der Waals surface area contributed by atoms with Gasteiger partial charge < -0.3 is 14.7 Å². The number of carbonyl (C=O) groups excluding carboxylic acids is 1. The maximum Gasteiger partial charge on any atom is 0.416 e. The summed E-state index contributed by atoms with van der Waals surface area (Å²) in [5, 5.41) is 20.6. The molecule has 0 radical (unpaired) electrons. The van der Waals surface area contributed by atoms with Gasteiger partial charge in [-0.1, -0.05) is 0 Å². The topological polar surface area (TPSA) is 73.6 Å². The number of hydrogen-bond acceptors (Lipinski definition) is 4. The lowest BCUT2D eigenvalue weighted by atomic mass is 9.78. The predicted octanol–water partition coefficient (Wildman–Crippen LogP) is 4.33. The van der Waals surface area contributed by atoms with Crippen molar-refractivity contribution in [3.63, 3.8) is 0 Å². The zero-order valence-corrected chi connectivity index (χ0v) is 16.0. The Morgan fingerprint density at radius 3 is 2.29 bits per heavy atom. The van der Waals surface area contributed by atoms with E-state index in [4.69, 9.17) is 4.74 Å². The quantitative estimate of drug-likeness (QED) is 0.767. The number of nitrogens with zero attached hydrogens (tertiary/aromatic N) is 2. The van der Waals surface area contributed by atoms with Gasteiger partial charge in [0.1, 0.15) is 5.60 Å². The van der Waals surface area contributed by atoms with Crippen molar-refractivity contribution in [2.45, 2.75) is 75.9 Å². The third-order valence-corrected chi connectivity index (χ3v) is 5.34. The number of aliphatic hydroxyl groups is 1. The number of ether oxygens (including phenoxy) is 1. The lowest BCUT2D eigenvalue weighted by Crippen LogP contribution is -2.53. The van der Waals surface area contributed by atoms with Gasteiger partial charge in [0.2, 0.25) is 0 Å². The number of amides is 1. The van der Waals surface area contributed by atoms with Gasteiger partial charge >= 0.3 is 12.3 Å². The molecule has 2 fully saturated rings. The Hall–Kier alpha value is -2.27. The van der Waals surface area contributed by atoms with Gasteiger partial charge in [0, 0.05) is 30.5 Å². The fourth-order valence-corrected chi connectivity index (χ4v) is 4.26. The SMILES string of the molecule is CC(C)(C)OC(=O)N1C2CCC1CC(O)(c1cc(C(F)(F)F)ccc1C#N)C2. The molecule has 2 saturated heterocycles. The molecule has 8 heteroatoms. The third-order valence-electron chi connectivity index (χ3n) is 5.34. The highest BCUT2D eigenvalue weighted by Crippen LogP contribution is 2.47. The summed E-state index contributed by atoms with van der Waals surface area (Å²) in [6.45, 7) is 5.28. The van der Waals surface area contributed by atoms with Crippen LogP contribution in [0.2, 0.25) is 0 Å². The van der Waals surface area contributed by atoms with Gasteiger partial charge in [-0.2, -0.15) is 18.4 Å². The Labute approximate surface area is 161 Å². The van der Waals surface area contributed by atoms with E-state index in [0.29, 0.717) is 12.8 Å².